The maximum absolute atomic E-state index is 5.78. The molecule has 0 atom stereocenters. The van der Waals surface area contributed by atoms with E-state index in [0.29, 0.717) is 11.7 Å². The SMILES string of the molecule is CCc1ccccc1Oc1ncnc(N)c1C. The zero-order valence-electron chi connectivity index (χ0n) is 9.97. The van der Waals surface area contributed by atoms with Crippen LogP contribution in [0.2, 0.25) is 0 Å². The van der Waals surface area contributed by atoms with Gasteiger partial charge in [-0.15, -0.1) is 0 Å². The summed E-state index contributed by atoms with van der Waals surface area (Å²) in [4.78, 5) is 8.01. The molecule has 0 saturated carbocycles. The normalized spacial score (nSPS) is 10.2. The summed E-state index contributed by atoms with van der Waals surface area (Å²) in [6.07, 6.45) is 2.32. The number of ether oxygens (including phenoxy) is 1. The molecule has 0 unspecified atom stereocenters. The first kappa shape index (κ1) is 11.4. The molecule has 0 radical (unpaired) electrons. The fourth-order valence-corrected chi connectivity index (χ4v) is 1.55. The molecule has 2 aromatic rings. The average molecular weight is 229 g/mol. The summed E-state index contributed by atoms with van der Waals surface area (Å²) in [5.41, 5.74) is 7.62. The van der Waals surface area contributed by atoms with Crippen LogP contribution in [0.4, 0.5) is 5.82 Å². The zero-order chi connectivity index (χ0) is 12.3. The highest BCUT2D eigenvalue weighted by atomic mass is 16.5. The molecule has 88 valence electrons. The lowest BCUT2D eigenvalue weighted by Crippen LogP contribution is -2.00. The van der Waals surface area contributed by atoms with Gasteiger partial charge < -0.3 is 10.5 Å². The van der Waals surface area contributed by atoms with Crippen LogP contribution in [0.25, 0.3) is 0 Å². The molecule has 4 heteroatoms. The highest BCUT2D eigenvalue weighted by molar-refractivity contribution is 5.45. The average Bonchev–Trinajstić information content (AvgIpc) is 2.35. The second kappa shape index (κ2) is 4.82. The first-order chi connectivity index (χ1) is 8.22. The summed E-state index contributed by atoms with van der Waals surface area (Å²) < 4.78 is 5.78. The number of hydrogen-bond acceptors (Lipinski definition) is 4. The van der Waals surface area contributed by atoms with Crippen LogP contribution in [-0.4, -0.2) is 9.97 Å². The van der Waals surface area contributed by atoms with Crippen molar-refractivity contribution in [1.82, 2.24) is 9.97 Å². The second-order valence-electron chi connectivity index (χ2n) is 3.75. The van der Waals surface area contributed by atoms with Gasteiger partial charge >= 0.3 is 0 Å². The van der Waals surface area contributed by atoms with Crippen molar-refractivity contribution < 1.29 is 4.74 Å². The van der Waals surface area contributed by atoms with Gasteiger partial charge in [0.15, 0.2) is 0 Å². The van der Waals surface area contributed by atoms with Crippen molar-refractivity contribution in [2.75, 3.05) is 5.73 Å². The van der Waals surface area contributed by atoms with Gasteiger partial charge in [0.05, 0.1) is 5.56 Å². The Balaban J connectivity index is 2.35. The minimum atomic E-state index is 0.448. The van der Waals surface area contributed by atoms with Crippen LogP contribution in [0.15, 0.2) is 30.6 Å². The highest BCUT2D eigenvalue weighted by Gasteiger charge is 2.08. The Morgan fingerprint density at radius 3 is 2.76 bits per heavy atom. The van der Waals surface area contributed by atoms with Crippen molar-refractivity contribution in [3.63, 3.8) is 0 Å². The molecule has 1 heterocycles. The Bertz CT molecular complexity index is 526. The molecule has 17 heavy (non-hydrogen) atoms. The minimum Gasteiger partial charge on any atom is -0.438 e. The minimum absolute atomic E-state index is 0.448. The topological polar surface area (TPSA) is 61.0 Å². The monoisotopic (exact) mass is 229 g/mol. The molecule has 0 spiro atoms. The van der Waals surface area contributed by atoms with Crippen LogP contribution in [-0.2, 0) is 6.42 Å². The van der Waals surface area contributed by atoms with E-state index in [4.69, 9.17) is 10.5 Å². The maximum Gasteiger partial charge on any atom is 0.227 e. The van der Waals surface area contributed by atoms with Gasteiger partial charge in [0.1, 0.15) is 17.9 Å². The Kier molecular flexibility index (Phi) is 3.23. The molecule has 0 aliphatic heterocycles. The molecule has 0 bridgehead atoms. The number of nitrogens with two attached hydrogens (primary N) is 1. The fourth-order valence-electron chi connectivity index (χ4n) is 1.55. The van der Waals surface area contributed by atoms with Crippen molar-refractivity contribution in [3.8, 4) is 11.6 Å². The number of anilines is 1. The molecule has 0 amide bonds. The summed E-state index contributed by atoms with van der Waals surface area (Å²) in [5.74, 6) is 1.78. The molecular formula is C13H15N3O. The van der Waals surface area contributed by atoms with E-state index in [-0.39, 0.29) is 0 Å². The van der Waals surface area contributed by atoms with E-state index in [1.807, 2.05) is 31.2 Å². The Morgan fingerprint density at radius 1 is 1.24 bits per heavy atom. The summed E-state index contributed by atoms with van der Waals surface area (Å²) in [6, 6.07) is 7.90. The van der Waals surface area contributed by atoms with E-state index in [2.05, 4.69) is 16.9 Å². The van der Waals surface area contributed by atoms with Crippen molar-refractivity contribution in [2.24, 2.45) is 0 Å². The van der Waals surface area contributed by atoms with Crippen LogP contribution in [0.5, 0.6) is 11.6 Å². The predicted octanol–water partition coefficient (Wildman–Crippen LogP) is 2.72. The number of rotatable bonds is 3. The molecule has 0 fully saturated rings. The lowest BCUT2D eigenvalue weighted by atomic mass is 10.1. The van der Waals surface area contributed by atoms with E-state index in [1.54, 1.807) is 0 Å². The largest absolute Gasteiger partial charge is 0.438 e. The quantitative estimate of drug-likeness (QED) is 0.879. The third kappa shape index (κ3) is 2.36. The van der Waals surface area contributed by atoms with Gasteiger partial charge in [0.25, 0.3) is 0 Å². The maximum atomic E-state index is 5.78. The molecule has 1 aromatic heterocycles. The molecule has 2 rings (SSSR count). The lowest BCUT2D eigenvalue weighted by molar-refractivity contribution is 0.453. The van der Waals surface area contributed by atoms with Crippen LogP contribution in [0, 0.1) is 6.92 Å². The number of nitrogens with zero attached hydrogens (tertiary/aromatic N) is 2. The molecule has 2 N–H and O–H groups in total. The predicted molar refractivity (Wildman–Crippen MR) is 67.1 cm³/mol. The number of benzene rings is 1. The first-order valence-corrected chi connectivity index (χ1v) is 5.55. The standard InChI is InChI=1S/C13H15N3O/c1-3-10-6-4-5-7-11(10)17-13-9(2)12(14)15-8-16-13/h4-8H,3H2,1-2H3,(H2,14,15,16). The summed E-state index contributed by atoms with van der Waals surface area (Å²) in [6.45, 7) is 3.93. The number of nitrogen functional groups attached to an aromatic ring is 1. The number of hydrogen-bond donors (Lipinski definition) is 1. The van der Waals surface area contributed by atoms with Gasteiger partial charge in [-0.1, -0.05) is 25.1 Å². The van der Waals surface area contributed by atoms with Gasteiger partial charge in [-0.3, -0.25) is 0 Å². The fraction of sp³-hybridized carbons (Fsp3) is 0.231. The molecule has 0 aliphatic rings. The van der Waals surface area contributed by atoms with E-state index >= 15 is 0 Å². The molecule has 1 aromatic carbocycles. The van der Waals surface area contributed by atoms with Crippen LogP contribution < -0.4 is 10.5 Å². The van der Waals surface area contributed by atoms with E-state index < -0.39 is 0 Å². The van der Waals surface area contributed by atoms with E-state index in [0.717, 1.165) is 23.3 Å². The molecule has 0 saturated heterocycles. The first-order valence-electron chi connectivity index (χ1n) is 5.55. The third-order valence-corrected chi connectivity index (χ3v) is 2.64. The van der Waals surface area contributed by atoms with E-state index in [9.17, 15) is 0 Å². The van der Waals surface area contributed by atoms with Crippen molar-refractivity contribution >= 4 is 5.82 Å². The van der Waals surface area contributed by atoms with Gasteiger partial charge in [-0.2, -0.15) is 0 Å². The number of aryl methyl sites for hydroxylation is 1. The lowest BCUT2D eigenvalue weighted by Gasteiger charge is -2.11. The summed E-state index contributed by atoms with van der Waals surface area (Å²) in [7, 11) is 0. The third-order valence-electron chi connectivity index (χ3n) is 2.64. The number of aromatic nitrogens is 2. The zero-order valence-corrected chi connectivity index (χ0v) is 9.97. The smallest absolute Gasteiger partial charge is 0.227 e. The van der Waals surface area contributed by atoms with Crippen LogP contribution in [0.1, 0.15) is 18.1 Å². The van der Waals surface area contributed by atoms with Crippen molar-refractivity contribution in [1.29, 1.82) is 0 Å². The van der Waals surface area contributed by atoms with Gasteiger partial charge in [0, 0.05) is 0 Å². The Hall–Kier alpha value is -2.10. The van der Waals surface area contributed by atoms with Crippen molar-refractivity contribution in [2.45, 2.75) is 20.3 Å². The highest BCUT2D eigenvalue weighted by Crippen LogP contribution is 2.27. The molecular weight excluding hydrogens is 214 g/mol. The van der Waals surface area contributed by atoms with E-state index in [1.165, 1.54) is 6.33 Å². The number of para-hydroxylation sites is 1. The summed E-state index contributed by atoms with van der Waals surface area (Å²) in [5, 5.41) is 0. The van der Waals surface area contributed by atoms with Crippen LogP contribution >= 0.6 is 0 Å². The Morgan fingerprint density at radius 2 is 2.00 bits per heavy atom. The Labute approximate surface area is 100 Å². The van der Waals surface area contributed by atoms with Gasteiger partial charge in [-0.25, -0.2) is 9.97 Å². The second-order valence-corrected chi connectivity index (χ2v) is 3.75. The van der Waals surface area contributed by atoms with Gasteiger partial charge in [-0.05, 0) is 25.0 Å². The summed E-state index contributed by atoms with van der Waals surface area (Å²) >= 11 is 0. The van der Waals surface area contributed by atoms with Crippen LogP contribution in [0.3, 0.4) is 0 Å². The van der Waals surface area contributed by atoms with Crippen molar-refractivity contribution in [3.05, 3.63) is 41.7 Å². The van der Waals surface area contributed by atoms with Gasteiger partial charge in [0.2, 0.25) is 5.88 Å². The molecule has 4 nitrogen and oxygen atoms in total. The molecule has 0 aliphatic carbocycles.